The average Bonchev–Trinajstić information content (AvgIpc) is 2.63. The number of hydrogen-bond donors (Lipinski definition) is 3. The van der Waals surface area contributed by atoms with Gasteiger partial charge in [0.25, 0.3) is 0 Å². The van der Waals surface area contributed by atoms with Crippen LogP contribution in [0.3, 0.4) is 0 Å². The monoisotopic (exact) mass is 384 g/mol. The molecule has 0 bridgehead atoms. The zero-order valence-corrected chi connectivity index (χ0v) is 15.9. The molecule has 140 valence electrons. The van der Waals surface area contributed by atoms with Crippen molar-refractivity contribution < 1.29 is 13.2 Å². The molecule has 0 aliphatic carbocycles. The van der Waals surface area contributed by atoms with Gasteiger partial charge in [0.15, 0.2) is 5.82 Å². The average molecular weight is 384 g/mol. The van der Waals surface area contributed by atoms with Crippen LogP contribution in [0.1, 0.15) is 19.4 Å². The highest BCUT2D eigenvalue weighted by atomic mass is 32.2. The fourth-order valence-corrected chi connectivity index (χ4v) is 3.34. The number of fused-ring (bicyclic) bond motifs is 1. The highest BCUT2D eigenvalue weighted by Gasteiger charge is 2.12. The third-order valence-corrected chi connectivity index (χ3v) is 4.61. The first-order valence-corrected chi connectivity index (χ1v) is 9.82. The molecule has 1 amide bonds. The highest BCUT2D eigenvalue weighted by molar-refractivity contribution is 7.71. The molecule has 1 aromatic heterocycles. The topological polar surface area (TPSA) is 101 Å². The van der Waals surface area contributed by atoms with E-state index in [1.54, 1.807) is 12.1 Å². The SMILES string of the molecule is CC(C)Nc1c(NC=O)nnc2cc(-c3ccc(C[SH](=O)=O)cc3)ccc12. The number of benzene rings is 2. The first kappa shape index (κ1) is 18.8. The number of carbonyl (C=O) groups is 1. The second-order valence-electron chi connectivity index (χ2n) is 6.40. The van der Waals surface area contributed by atoms with E-state index in [-0.39, 0.29) is 11.8 Å². The molecule has 8 heteroatoms. The standard InChI is InChI=1S/C19H20N4O3S/c1-12(2)21-18-16-8-7-15(9-17(16)22-23-19(18)20-11-24)14-5-3-13(4-6-14)10-27(25)26/h3-9,11-12,27H,10H2,1-2H3,(H,21,22)(H,20,23,24). The molecule has 0 unspecified atom stereocenters. The van der Waals surface area contributed by atoms with E-state index in [0.29, 0.717) is 17.7 Å². The van der Waals surface area contributed by atoms with E-state index < -0.39 is 10.7 Å². The van der Waals surface area contributed by atoms with E-state index >= 15 is 0 Å². The van der Waals surface area contributed by atoms with Crippen molar-refractivity contribution in [2.45, 2.75) is 25.6 Å². The molecule has 2 aromatic carbocycles. The highest BCUT2D eigenvalue weighted by Crippen LogP contribution is 2.31. The fraction of sp³-hybridized carbons (Fsp3) is 0.211. The molecule has 3 rings (SSSR count). The van der Waals surface area contributed by atoms with Crippen LogP contribution in [0.2, 0.25) is 0 Å². The number of amides is 1. The third-order valence-electron chi connectivity index (χ3n) is 3.99. The Balaban J connectivity index is 2.02. The Hall–Kier alpha value is -3.00. The van der Waals surface area contributed by atoms with E-state index in [0.717, 1.165) is 27.8 Å². The molecule has 2 N–H and O–H groups in total. The number of rotatable bonds is 7. The summed E-state index contributed by atoms with van der Waals surface area (Å²) in [6.45, 7) is 4.01. The van der Waals surface area contributed by atoms with E-state index in [2.05, 4.69) is 20.8 Å². The number of nitrogens with one attached hydrogen (secondary N) is 2. The van der Waals surface area contributed by atoms with Crippen LogP contribution in [0.15, 0.2) is 42.5 Å². The Morgan fingerprint density at radius 2 is 1.74 bits per heavy atom. The van der Waals surface area contributed by atoms with E-state index in [9.17, 15) is 13.2 Å². The van der Waals surface area contributed by atoms with Gasteiger partial charge in [0.2, 0.25) is 6.41 Å². The first-order chi connectivity index (χ1) is 13.0. The predicted molar refractivity (Wildman–Crippen MR) is 107 cm³/mol. The summed E-state index contributed by atoms with van der Waals surface area (Å²) in [6.07, 6.45) is 0.576. The zero-order chi connectivity index (χ0) is 19.4. The quantitative estimate of drug-likeness (QED) is 0.428. The van der Waals surface area contributed by atoms with Crippen molar-refractivity contribution in [2.75, 3.05) is 10.6 Å². The number of thiol groups is 1. The Labute approximate surface area is 158 Å². The van der Waals surface area contributed by atoms with Crippen LogP contribution < -0.4 is 10.6 Å². The zero-order valence-electron chi connectivity index (χ0n) is 15.0. The van der Waals surface area contributed by atoms with Gasteiger partial charge in [0, 0.05) is 11.4 Å². The summed E-state index contributed by atoms with van der Waals surface area (Å²) in [7, 11) is -2.44. The van der Waals surface area contributed by atoms with Gasteiger partial charge in [-0.25, -0.2) is 8.42 Å². The van der Waals surface area contributed by atoms with E-state index in [1.807, 2.05) is 44.2 Å². The molecule has 0 aliphatic rings. The second kappa shape index (κ2) is 8.13. The van der Waals surface area contributed by atoms with Crippen molar-refractivity contribution in [3.63, 3.8) is 0 Å². The largest absolute Gasteiger partial charge is 0.379 e. The van der Waals surface area contributed by atoms with Crippen molar-refractivity contribution in [3.05, 3.63) is 48.0 Å². The lowest BCUT2D eigenvalue weighted by Gasteiger charge is -2.15. The van der Waals surface area contributed by atoms with Gasteiger partial charge < -0.3 is 10.6 Å². The first-order valence-electron chi connectivity index (χ1n) is 8.46. The Kier molecular flexibility index (Phi) is 5.66. The van der Waals surface area contributed by atoms with Gasteiger partial charge in [-0.15, -0.1) is 10.2 Å². The summed E-state index contributed by atoms with van der Waals surface area (Å²) in [6, 6.07) is 13.4. The number of hydrogen-bond acceptors (Lipinski definition) is 6. The molecule has 0 saturated carbocycles. The van der Waals surface area contributed by atoms with E-state index in [4.69, 9.17) is 0 Å². The normalized spacial score (nSPS) is 11.1. The summed E-state index contributed by atoms with van der Waals surface area (Å²) in [4.78, 5) is 10.8. The molecule has 0 aliphatic heterocycles. The van der Waals surface area contributed by atoms with Crippen LogP contribution in [0.25, 0.3) is 22.0 Å². The van der Waals surface area contributed by atoms with Crippen LogP contribution in [0.4, 0.5) is 11.5 Å². The van der Waals surface area contributed by atoms with Crippen molar-refractivity contribution in [1.82, 2.24) is 10.2 Å². The maximum atomic E-state index is 10.8. The minimum absolute atomic E-state index is 0.0373. The number of aromatic nitrogens is 2. The maximum absolute atomic E-state index is 10.8. The minimum Gasteiger partial charge on any atom is -0.379 e. The molecular formula is C19H20N4O3S. The van der Waals surface area contributed by atoms with Crippen molar-refractivity contribution in [2.24, 2.45) is 0 Å². The summed E-state index contributed by atoms with van der Waals surface area (Å²) in [5.41, 5.74) is 4.07. The van der Waals surface area contributed by atoms with Crippen LogP contribution in [0, 0.1) is 0 Å². The molecule has 3 aromatic rings. The molecule has 0 saturated heterocycles. The summed E-state index contributed by atoms with van der Waals surface area (Å²) >= 11 is 0. The number of carbonyl (C=O) groups excluding carboxylic acids is 1. The minimum atomic E-state index is -2.44. The van der Waals surface area contributed by atoms with Gasteiger partial charge in [-0.05, 0) is 42.7 Å². The van der Waals surface area contributed by atoms with Crippen molar-refractivity contribution >= 4 is 39.5 Å². The molecule has 0 fully saturated rings. The molecule has 27 heavy (non-hydrogen) atoms. The van der Waals surface area contributed by atoms with Crippen LogP contribution >= 0.6 is 0 Å². The summed E-state index contributed by atoms with van der Waals surface area (Å²) in [5, 5.41) is 15.1. The van der Waals surface area contributed by atoms with Crippen molar-refractivity contribution in [1.29, 1.82) is 0 Å². The lowest BCUT2D eigenvalue weighted by atomic mass is 10.0. The van der Waals surface area contributed by atoms with E-state index in [1.165, 1.54) is 0 Å². The summed E-state index contributed by atoms with van der Waals surface area (Å²) in [5.74, 6) is 0.422. The number of nitrogens with zero attached hydrogens (tertiary/aromatic N) is 2. The maximum Gasteiger partial charge on any atom is 0.212 e. The summed E-state index contributed by atoms with van der Waals surface area (Å²) < 4.78 is 21.7. The Morgan fingerprint density at radius 1 is 1.04 bits per heavy atom. The van der Waals surface area contributed by atoms with Gasteiger partial charge in [-0.1, -0.05) is 30.3 Å². The van der Waals surface area contributed by atoms with Gasteiger partial charge in [0.05, 0.1) is 17.0 Å². The number of anilines is 2. The molecule has 7 nitrogen and oxygen atoms in total. The van der Waals surface area contributed by atoms with Crippen molar-refractivity contribution in [3.8, 4) is 11.1 Å². The van der Waals surface area contributed by atoms with Gasteiger partial charge in [-0.3, -0.25) is 4.79 Å². The van der Waals surface area contributed by atoms with Gasteiger partial charge >= 0.3 is 0 Å². The molecule has 1 heterocycles. The van der Waals surface area contributed by atoms with Gasteiger partial charge in [0.1, 0.15) is 10.7 Å². The predicted octanol–water partition coefficient (Wildman–Crippen LogP) is 2.80. The lowest BCUT2D eigenvalue weighted by Crippen LogP contribution is -2.13. The van der Waals surface area contributed by atoms with Crippen LogP contribution in [-0.4, -0.2) is 31.1 Å². The van der Waals surface area contributed by atoms with Crippen LogP contribution in [-0.2, 0) is 21.3 Å². The Bertz CT molecular complexity index is 1040. The third kappa shape index (κ3) is 4.40. The van der Waals surface area contributed by atoms with Crippen LogP contribution in [0.5, 0.6) is 0 Å². The molecular weight excluding hydrogens is 364 g/mol. The fourth-order valence-electron chi connectivity index (χ4n) is 2.83. The molecule has 0 spiro atoms. The molecule has 0 atom stereocenters. The molecule has 0 radical (unpaired) electrons. The second-order valence-corrected chi connectivity index (χ2v) is 7.39. The Morgan fingerprint density at radius 3 is 2.37 bits per heavy atom. The lowest BCUT2D eigenvalue weighted by molar-refractivity contribution is -0.105. The smallest absolute Gasteiger partial charge is 0.212 e. The van der Waals surface area contributed by atoms with Gasteiger partial charge in [-0.2, -0.15) is 0 Å².